The highest BCUT2D eigenvalue weighted by atomic mass is 32.2. The standard InChI is InChI=1S/C26H35N3O5S2/c1-21-9-8-18-28(19-21)35(31,32)24-14-16-25(17-15-24)36(33,34)29(23-12-6-3-7-13-23)20-26(30)27-22-10-4-2-5-11-22/h2,4-5,10-11,14-17,21,23H,3,6-9,12-13,18-20H2,1H3,(H,27,30). The Bertz CT molecular complexity index is 1240. The summed E-state index contributed by atoms with van der Waals surface area (Å²) in [5, 5.41) is 2.77. The summed E-state index contributed by atoms with van der Waals surface area (Å²) in [5.41, 5.74) is 0.602. The van der Waals surface area contributed by atoms with Crippen molar-refractivity contribution in [2.45, 2.75) is 67.7 Å². The number of piperidine rings is 1. The maximum Gasteiger partial charge on any atom is 0.243 e. The van der Waals surface area contributed by atoms with Crippen LogP contribution in [-0.4, -0.2) is 57.0 Å². The number of benzene rings is 2. The van der Waals surface area contributed by atoms with E-state index >= 15 is 0 Å². The molecule has 1 amide bonds. The molecule has 2 aromatic rings. The molecule has 2 fully saturated rings. The first-order valence-electron chi connectivity index (χ1n) is 12.6. The largest absolute Gasteiger partial charge is 0.325 e. The van der Waals surface area contributed by atoms with Crippen LogP contribution < -0.4 is 5.32 Å². The summed E-state index contributed by atoms with van der Waals surface area (Å²) in [7, 11) is -7.71. The molecule has 36 heavy (non-hydrogen) atoms. The van der Waals surface area contributed by atoms with Crippen molar-refractivity contribution in [1.29, 1.82) is 0 Å². The Balaban J connectivity index is 1.56. The molecule has 2 aliphatic rings. The Morgan fingerprint density at radius 1 is 0.889 bits per heavy atom. The fraction of sp³-hybridized carbons (Fsp3) is 0.500. The molecule has 0 spiro atoms. The van der Waals surface area contributed by atoms with Gasteiger partial charge in [-0.05, 0) is 68.0 Å². The van der Waals surface area contributed by atoms with Crippen LogP contribution in [0.1, 0.15) is 51.9 Å². The Labute approximate surface area is 214 Å². The van der Waals surface area contributed by atoms with E-state index in [1.165, 1.54) is 32.9 Å². The number of amides is 1. The quantitative estimate of drug-likeness (QED) is 0.551. The van der Waals surface area contributed by atoms with Crippen molar-refractivity contribution in [1.82, 2.24) is 8.61 Å². The molecule has 2 aromatic carbocycles. The van der Waals surface area contributed by atoms with Crippen LogP contribution in [0.15, 0.2) is 64.4 Å². The van der Waals surface area contributed by atoms with E-state index in [-0.39, 0.29) is 22.4 Å². The molecule has 0 bridgehead atoms. The number of nitrogens with zero attached hydrogens (tertiary/aromatic N) is 2. The molecular formula is C26H35N3O5S2. The van der Waals surface area contributed by atoms with Gasteiger partial charge in [-0.15, -0.1) is 0 Å². The van der Waals surface area contributed by atoms with Gasteiger partial charge < -0.3 is 5.32 Å². The van der Waals surface area contributed by atoms with Crippen LogP contribution in [0.5, 0.6) is 0 Å². The Morgan fingerprint density at radius 3 is 2.17 bits per heavy atom. The smallest absolute Gasteiger partial charge is 0.243 e. The lowest BCUT2D eigenvalue weighted by atomic mass is 9.95. The van der Waals surface area contributed by atoms with Crippen LogP contribution in [0.3, 0.4) is 0 Å². The molecule has 1 saturated heterocycles. The van der Waals surface area contributed by atoms with Gasteiger partial charge in [-0.25, -0.2) is 16.8 Å². The van der Waals surface area contributed by atoms with Crippen molar-refractivity contribution in [3.63, 3.8) is 0 Å². The third-order valence-corrected chi connectivity index (χ3v) is 10.8. The lowest BCUT2D eigenvalue weighted by molar-refractivity contribution is -0.116. The first kappa shape index (κ1) is 26.8. The maximum atomic E-state index is 13.7. The summed E-state index contributed by atoms with van der Waals surface area (Å²) in [6, 6.07) is 14.1. The minimum atomic E-state index is -4.02. The van der Waals surface area contributed by atoms with Crippen LogP contribution in [0.4, 0.5) is 5.69 Å². The molecule has 1 unspecified atom stereocenters. The zero-order valence-corrected chi connectivity index (χ0v) is 22.3. The van der Waals surface area contributed by atoms with Crippen molar-refractivity contribution in [2.75, 3.05) is 25.0 Å². The van der Waals surface area contributed by atoms with Crippen LogP contribution in [-0.2, 0) is 24.8 Å². The van der Waals surface area contributed by atoms with Gasteiger partial charge in [0.15, 0.2) is 0 Å². The molecule has 0 radical (unpaired) electrons. The first-order valence-corrected chi connectivity index (χ1v) is 15.5. The predicted molar refractivity (Wildman–Crippen MR) is 139 cm³/mol. The normalized spacial score (nSPS) is 20.3. The number of sulfonamides is 2. The number of carbonyl (C=O) groups is 1. The minimum absolute atomic E-state index is 0.00783. The number of hydrogen-bond acceptors (Lipinski definition) is 5. The predicted octanol–water partition coefficient (Wildman–Crippen LogP) is 4.07. The molecule has 4 rings (SSSR count). The number of anilines is 1. The van der Waals surface area contributed by atoms with Gasteiger partial charge in [-0.2, -0.15) is 8.61 Å². The van der Waals surface area contributed by atoms with Gasteiger partial charge in [0.05, 0.1) is 16.3 Å². The number of rotatable bonds is 8. The Morgan fingerprint density at radius 2 is 1.53 bits per heavy atom. The molecule has 196 valence electrons. The maximum absolute atomic E-state index is 13.7. The van der Waals surface area contributed by atoms with E-state index in [1.54, 1.807) is 24.3 Å². The number of carbonyl (C=O) groups excluding carboxylic acids is 1. The van der Waals surface area contributed by atoms with E-state index < -0.39 is 26.0 Å². The number of para-hydroxylation sites is 1. The molecule has 10 heteroatoms. The van der Waals surface area contributed by atoms with Gasteiger partial charge in [-0.3, -0.25) is 4.79 Å². The van der Waals surface area contributed by atoms with Gasteiger partial charge in [0.2, 0.25) is 26.0 Å². The monoisotopic (exact) mass is 533 g/mol. The molecule has 1 heterocycles. The van der Waals surface area contributed by atoms with Gasteiger partial charge in [0, 0.05) is 24.8 Å². The summed E-state index contributed by atoms with van der Waals surface area (Å²) >= 11 is 0. The second kappa shape index (κ2) is 11.4. The summed E-state index contributed by atoms with van der Waals surface area (Å²) in [6.45, 7) is 2.67. The van der Waals surface area contributed by atoms with E-state index in [1.807, 2.05) is 13.0 Å². The third-order valence-electron chi connectivity index (χ3n) is 7.03. The first-order chi connectivity index (χ1) is 17.2. The lowest BCUT2D eigenvalue weighted by Gasteiger charge is -2.33. The lowest BCUT2D eigenvalue weighted by Crippen LogP contribution is -2.45. The summed E-state index contributed by atoms with van der Waals surface area (Å²) < 4.78 is 56.4. The SMILES string of the molecule is CC1CCCN(S(=O)(=O)c2ccc(S(=O)(=O)N(CC(=O)Nc3ccccc3)C3CCCCC3)cc2)C1. The van der Waals surface area contributed by atoms with Crippen molar-refractivity contribution in [3.8, 4) is 0 Å². The molecule has 8 nitrogen and oxygen atoms in total. The Kier molecular flexibility index (Phi) is 8.49. The van der Waals surface area contributed by atoms with Crippen molar-refractivity contribution in [3.05, 3.63) is 54.6 Å². The minimum Gasteiger partial charge on any atom is -0.325 e. The second-order valence-electron chi connectivity index (χ2n) is 9.84. The zero-order chi connectivity index (χ0) is 25.8. The van der Waals surface area contributed by atoms with E-state index in [0.717, 1.165) is 32.1 Å². The summed E-state index contributed by atoms with van der Waals surface area (Å²) in [6.07, 6.45) is 6.05. The van der Waals surface area contributed by atoms with E-state index in [0.29, 0.717) is 37.5 Å². The topological polar surface area (TPSA) is 104 Å². The van der Waals surface area contributed by atoms with Gasteiger partial charge in [0.25, 0.3) is 0 Å². The van der Waals surface area contributed by atoms with Crippen molar-refractivity contribution >= 4 is 31.6 Å². The second-order valence-corrected chi connectivity index (χ2v) is 13.7. The van der Waals surface area contributed by atoms with Crippen LogP contribution in [0, 0.1) is 5.92 Å². The summed E-state index contributed by atoms with van der Waals surface area (Å²) in [4.78, 5) is 12.9. The zero-order valence-electron chi connectivity index (χ0n) is 20.7. The molecule has 1 aliphatic heterocycles. The van der Waals surface area contributed by atoms with E-state index in [9.17, 15) is 21.6 Å². The average molecular weight is 534 g/mol. The van der Waals surface area contributed by atoms with E-state index in [2.05, 4.69) is 5.32 Å². The van der Waals surface area contributed by atoms with Crippen LogP contribution in [0.2, 0.25) is 0 Å². The Hall–Kier alpha value is -2.27. The van der Waals surface area contributed by atoms with E-state index in [4.69, 9.17) is 0 Å². The summed E-state index contributed by atoms with van der Waals surface area (Å²) in [5.74, 6) is -0.118. The van der Waals surface area contributed by atoms with Crippen LogP contribution >= 0.6 is 0 Å². The number of nitrogens with one attached hydrogen (secondary N) is 1. The fourth-order valence-electron chi connectivity index (χ4n) is 5.08. The van der Waals surface area contributed by atoms with Gasteiger partial charge in [0.1, 0.15) is 0 Å². The fourth-order valence-corrected chi connectivity index (χ4v) is 8.32. The molecular weight excluding hydrogens is 498 g/mol. The van der Waals surface area contributed by atoms with Crippen molar-refractivity contribution < 1.29 is 21.6 Å². The molecule has 1 saturated carbocycles. The van der Waals surface area contributed by atoms with Gasteiger partial charge >= 0.3 is 0 Å². The third kappa shape index (κ3) is 6.16. The highest BCUT2D eigenvalue weighted by Crippen LogP contribution is 2.29. The van der Waals surface area contributed by atoms with Crippen molar-refractivity contribution in [2.24, 2.45) is 5.92 Å². The highest BCUT2D eigenvalue weighted by Gasteiger charge is 2.35. The molecule has 1 atom stereocenters. The molecule has 1 aliphatic carbocycles. The molecule has 1 N–H and O–H groups in total. The van der Waals surface area contributed by atoms with Crippen LogP contribution in [0.25, 0.3) is 0 Å². The number of hydrogen-bond donors (Lipinski definition) is 1. The highest BCUT2D eigenvalue weighted by molar-refractivity contribution is 7.89. The average Bonchev–Trinajstić information content (AvgIpc) is 2.88. The molecule has 0 aromatic heterocycles. The van der Waals surface area contributed by atoms with Gasteiger partial charge in [-0.1, -0.05) is 44.4 Å².